The Morgan fingerprint density at radius 3 is 2.50 bits per heavy atom. The largest absolute Gasteiger partial charge is 0.465 e. The molecule has 1 aliphatic carbocycles. The van der Waals surface area contributed by atoms with Crippen LogP contribution in [0.3, 0.4) is 0 Å². The molecule has 1 amide bonds. The zero-order valence-corrected chi connectivity index (χ0v) is 12.0. The second-order valence-electron chi connectivity index (χ2n) is 5.13. The van der Waals surface area contributed by atoms with Crippen LogP contribution in [0.4, 0.5) is 0 Å². The second-order valence-corrected chi connectivity index (χ2v) is 5.13. The molecule has 1 heterocycles. The molecule has 0 radical (unpaired) electrons. The van der Waals surface area contributed by atoms with E-state index in [1.807, 2.05) is 7.05 Å². The Bertz CT molecular complexity index is 478. The summed E-state index contributed by atoms with van der Waals surface area (Å²) < 4.78 is 4.60. The van der Waals surface area contributed by atoms with E-state index in [-0.39, 0.29) is 5.91 Å². The molecule has 108 valence electrons. The minimum absolute atomic E-state index is 0.0895. The van der Waals surface area contributed by atoms with Gasteiger partial charge in [0.2, 0.25) is 0 Å². The highest BCUT2D eigenvalue weighted by atomic mass is 16.5. The van der Waals surface area contributed by atoms with Gasteiger partial charge in [-0.2, -0.15) is 0 Å². The van der Waals surface area contributed by atoms with Gasteiger partial charge in [-0.05, 0) is 25.0 Å². The molecule has 1 aliphatic rings. The van der Waals surface area contributed by atoms with E-state index in [1.54, 1.807) is 17.0 Å². The van der Waals surface area contributed by atoms with Crippen molar-refractivity contribution in [3.8, 4) is 0 Å². The number of pyridine rings is 1. The lowest BCUT2D eigenvalue weighted by Crippen LogP contribution is -2.38. The number of nitrogens with zero attached hydrogens (tertiary/aromatic N) is 2. The second kappa shape index (κ2) is 6.50. The van der Waals surface area contributed by atoms with Gasteiger partial charge >= 0.3 is 5.97 Å². The quantitative estimate of drug-likeness (QED) is 0.795. The van der Waals surface area contributed by atoms with Gasteiger partial charge in [-0.3, -0.25) is 9.78 Å². The third kappa shape index (κ3) is 3.15. The Balaban J connectivity index is 2.06. The van der Waals surface area contributed by atoms with E-state index < -0.39 is 5.97 Å². The zero-order valence-electron chi connectivity index (χ0n) is 12.0. The van der Waals surface area contributed by atoms with Gasteiger partial charge < -0.3 is 9.64 Å². The Hall–Kier alpha value is -1.91. The number of ether oxygens (including phenoxy) is 1. The first-order chi connectivity index (χ1) is 9.63. The van der Waals surface area contributed by atoms with Gasteiger partial charge in [-0.25, -0.2) is 4.79 Å². The van der Waals surface area contributed by atoms with Crippen molar-refractivity contribution < 1.29 is 14.3 Å². The Labute approximate surface area is 118 Å². The summed E-state index contributed by atoms with van der Waals surface area (Å²) in [5, 5.41) is 0. The Morgan fingerprint density at radius 2 is 1.95 bits per heavy atom. The molecule has 1 fully saturated rings. The maximum atomic E-state index is 12.3. The molecule has 1 saturated carbocycles. The van der Waals surface area contributed by atoms with Gasteiger partial charge in [0.15, 0.2) is 0 Å². The minimum atomic E-state index is -0.447. The average molecular weight is 276 g/mol. The SMILES string of the molecule is COC(=O)c1ccc(C(=O)N(C)C2CCCCC2)nc1. The standard InChI is InChI=1S/C15H20N2O3/c1-17(12-6-4-3-5-7-12)14(18)13-9-8-11(10-16-13)15(19)20-2/h8-10,12H,3-7H2,1-2H3. The van der Waals surface area contributed by atoms with Crippen LogP contribution in [0, 0.1) is 0 Å². The van der Waals surface area contributed by atoms with Crippen molar-refractivity contribution in [1.82, 2.24) is 9.88 Å². The van der Waals surface area contributed by atoms with Crippen molar-refractivity contribution in [3.05, 3.63) is 29.6 Å². The summed E-state index contributed by atoms with van der Waals surface area (Å²) in [7, 11) is 3.15. The van der Waals surface area contributed by atoms with Crippen molar-refractivity contribution in [3.63, 3.8) is 0 Å². The predicted octanol–water partition coefficient (Wildman–Crippen LogP) is 2.27. The number of hydrogen-bond donors (Lipinski definition) is 0. The monoisotopic (exact) mass is 276 g/mol. The van der Waals surface area contributed by atoms with Crippen LogP contribution in [0.5, 0.6) is 0 Å². The number of amides is 1. The van der Waals surface area contributed by atoms with Crippen molar-refractivity contribution in [1.29, 1.82) is 0 Å². The van der Waals surface area contributed by atoms with Crippen molar-refractivity contribution in [2.45, 2.75) is 38.1 Å². The van der Waals surface area contributed by atoms with E-state index in [4.69, 9.17) is 0 Å². The summed E-state index contributed by atoms with van der Waals surface area (Å²) in [6.07, 6.45) is 7.11. The lowest BCUT2D eigenvalue weighted by molar-refractivity contribution is 0.0598. The molecule has 0 N–H and O–H groups in total. The summed E-state index contributed by atoms with van der Waals surface area (Å²) in [4.78, 5) is 29.5. The molecule has 0 aromatic carbocycles. The third-order valence-corrected chi connectivity index (χ3v) is 3.85. The fourth-order valence-corrected chi connectivity index (χ4v) is 2.57. The number of esters is 1. The van der Waals surface area contributed by atoms with Gasteiger partial charge in [-0.15, -0.1) is 0 Å². The Morgan fingerprint density at radius 1 is 1.25 bits per heavy atom. The van der Waals surface area contributed by atoms with Crippen LogP contribution in [0.15, 0.2) is 18.3 Å². The number of hydrogen-bond acceptors (Lipinski definition) is 4. The lowest BCUT2D eigenvalue weighted by Gasteiger charge is -2.31. The molecule has 1 aromatic rings. The molecular formula is C15H20N2O3. The highest BCUT2D eigenvalue weighted by Gasteiger charge is 2.23. The smallest absolute Gasteiger partial charge is 0.339 e. The molecular weight excluding hydrogens is 256 g/mol. The van der Waals surface area contributed by atoms with Gasteiger partial charge in [0.05, 0.1) is 12.7 Å². The van der Waals surface area contributed by atoms with Crippen LogP contribution in [-0.4, -0.2) is 42.0 Å². The van der Waals surface area contributed by atoms with E-state index in [9.17, 15) is 9.59 Å². The minimum Gasteiger partial charge on any atom is -0.465 e. The highest BCUT2D eigenvalue weighted by molar-refractivity contribution is 5.94. The van der Waals surface area contributed by atoms with Gasteiger partial charge in [0.1, 0.15) is 5.69 Å². The van der Waals surface area contributed by atoms with Crippen LogP contribution in [0.25, 0.3) is 0 Å². The number of rotatable bonds is 3. The fraction of sp³-hybridized carbons (Fsp3) is 0.533. The van der Waals surface area contributed by atoms with Crippen molar-refractivity contribution in [2.75, 3.05) is 14.2 Å². The van der Waals surface area contributed by atoms with Gasteiger partial charge in [0, 0.05) is 19.3 Å². The zero-order chi connectivity index (χ0) is 14.5. The summed E-state index contributed by atoms with van der Waals surface area (Å²) in [6, 6.07) is 3.45. The van der Waals surface area contributed by atoms with E-state index in [1.165, 1.54) is 32.6 Å². The van der Waals surface area contributed by atoms with E-state index in [2.05, 4.69) is 9.72 Å². The van der Waals surface area contributed by atoms with Crippen LogP contribution >= 0.6 is 0 Å². The number of aromatic nitrogens is 1. The molecule has 5 nitrogen and oxygen atoms in total. The Kier molecular flexibility index (Phi) is 4.71. The van der Waals surface area contributed by atoms with E-state index in [0.717, 1.165) is 12.8 Å². The molecule has 0 spiro atoms. The summed E-state index contributed by atoms with van der Waals surface area (Å²) in [5.74, 6) is -0.537. The first kappa shape index (κ1) is 14.5. The van der Waals surface area contributed by atoms with E-state index in [0.29, 0.717) is 17.3 Å². The normalized spacial score (nSPS) is 15.7. The maximum absolute atomic E-state index is 12.3. The van der Waals surface area contributed by atoms with Crippen LogP contribution in [-0.2, 0) is 4.74 Å². The fourth-order valence-electron chi connectivity index (χ4n) is 2.57. The number of carbonyl (C=O) groups is 2. The predicted molar refractivity (Wildman–Crippen MR) is 74.5 cm³/mol. The third-order valence-electron chi connectivity index (χ3n) is 3.85. The van der Waals surface area contributed by atoms with Gasteiger partial charge in [0.25, 0.3) is 5.91 Å². The number of carbonyl (C=O) groups excluding carboxylic acids is 2. The first-order valence-corrected chi connectivity index (χ1v) is 6.95. The molecule has 0 saturated heterocycles. The van der Waals surface area contributed by atoms with Gasteiger partial charge in [-0.1, -0.05) is 19.3 Å². The molecule has 20 heavy (non-hydrogen) atoms. The molecule has 1 aromatic heterocycles. The summed E-state index contributed by atoms with van der Waals surface area (Å²) in [5.41, 5.74) is 0.718. The molecule has 2 rings (SSSR count). The molecule has 0 atom stereocenters. The number of methoxy groups -OCH3 is 1. The van der Waals surface area contributed by atoms with E-state index >= 15 is 0 Å². The molecule has 0 unspecified atom stereocenters. The van der Waals surface area contributed by atoms with Crippen molar-refractivity contribution >= 4 is 11.9 Å². The molecule has 0 bridgehead atoms. The van der Waals surface area contributed by atoms with Crippen LogP contribution in [0.2, 0.25) is 0 Å². The summed E-state index contributed by atoms with van der Waals surface area (Å²) in [6.45, 7) is 0. The maximum Gasteiger partial charge on any atom is 0.339 e. The highest BCUT2D eigenvalue weighted by Crippen LogP contribution is 2.22. The van der Waals surface area contributed by atoms with Crippen LogP contribution in [0.1, 0.15) is 53.0 Å². The average Bonchev–Trinajstić information content (AvgIpc) is 2.53. The molecule has 5 heteroatoms. The first-order valence-electron chi connectivity index (χ1n) is 6.95. The summed E-state index contributed by atoms with van der Waals surface area (Å²) >= 11 is 0. The topological polar surface area (TPSA) is 59.5 Å². The van der Waals surface area contributed by atoms with Crippen molar-refractivity contribution in [2.24, 2.45) is 0 Å². The molecule has 0 aliphatic heterocycles. The van der Waals surface area contributed by atoms with Crippen LogP contribution < -0.4 is 0 Å². The lowest BCUT2D eigenvalue weighted by atomic mass is 9.94.